The van der Waals surface area contributed by atoms with Crippen LogP contribution in [0.3, 0.4) is 0 Å². The van der Waals surface area contributed by atoms with Gasteiger partial charge in [0.2, 0.25) is 11.9 Å². The Labute approximate surface area is 189 Å². The van der Waals surface area contributed by atoms with E-state index in [0.29, 0.717) is 17.6 Å². The standard InChI is InChI=1S/C21H23F2N7O3/c1-31-16-7-17(32-2)19(23)15(18(16)22)12-33-14-10-25-20(26-11-14)29-13-8-27-21(28-9-13)30-5-3-24-4-6-30/h7-11,24H,3-6,12H2,1-2H3,(H,25,26,29). The molecule has 33 heavy (non-hydrogen) atoms. The van der Waals surface area contributed by atoms with Crippen LogP contribution in [-0.2, 0) is 6.61 Å². The summed E-state index contributed by atoms with van der Waals surface area (Å²) in [7, 11) is 2.56. The Balaban J connectivity index is 1.38. The number of benzene rings is 1. The van der Waals surface area contributed by atoms with Gasteiger partial charge in [-0.3, -0.25) is 0 Å². The Kier molecular flexibility index (Phi) is 6.93. The zero-order valence-electron chi connectivity index (χ0n) is 18.1. The molecule has 0 amide bonds. The summed E-state index contributed by atoms with van der Waals surface area (Å²) in [5.74, 6) is -0.827. The minimum atomic E-state index is -0.862. The number of halogens is 2. The summed E-state index contributed by atoms with van der Waals surface area (Å²) >= 11 is 0. The first kappa shape index (κ1) is 22.4. The molecule has 0 atom stereocenters. The van der Waals surface area contributed by atoms with Gasteiger partial charge in [0.05, 0.1) is 50.3 Å². The normalized spacial score (nSPS) is 13.5. The topological polar surface area (TPSA) is 107 Å². The smallest absolute Gasteiger partial charge is 0.227 e. The fraction of sp³-hybridized carbons (Fsp3) is 0.333. The van der Waals surface area contributed by atoms with Crippen LogP contribution < -0.4 is 29.7 Å². The van der Waals surface area contributed by atoms with Crippen molar-refractivity contribution in [3.63, 3.8) is 0 Å². The van der Waals surface area contributed by atoms with Crippen LogP contribution in [0.5, 0.6) is 17.2 Å². The van der Waals surface area contributed by atoms with Gasteiger partial charge in [0, 0.05) is 32.2 Å². The van der Waals surface area contributed by atoms with E-state index in [4.69, 9.17) is 14.2 Å². The fourth-order valence-corrected chi connectivity index (χ4v) is 3.22. The number of ether oxygens (including phenoxy) is 3. The van der Waals surface area contributed by atoms with E-state index in [1.54, 1.807) is 12.4 Å². The quantitative estimate of drug-likeness (QED) is 0.521. The molecule has 1 aliphatic rings. The summed E-state index contributed by atoms with van der Waals surface area (Å²) in [5.41, 5.74) is 0.297. The number of anilines is 3. The van der Waals surface area contributed by atoms with Gasteiger partial charge in [-0.2, -0.15) is 0 Å². The molecule has 3 aromatic rings. The molecule has 2 aromatic heterocycles. The van der Waals surface area contributed by atoms with Crippen LogP contribution in [0.4, 0.5) is 26.4 Å². The molecule has 2 N–H and O–H groups in total. The molecule has 0 unspecified atom stereocenters. The van der Waals surface area contributed by atoms with Crippen LogP contribution in [0.15, 0.2) is 30.9 Å². The Morgan fingerprint density at radius 1 is 0.939 bits per heavy atom. The lowest BCUT2D eigenvalue weighted by Gasteiger charge is -2.27. The Morgan fingerprint density at radius 3 is 2.12 bits per heavy atom. The Bertz CT molecular complexity index is 1050. The van der Waals surface area contributed by atoms with Crippen molar-refractivity contribution in [1.29, 1.82) is 0 Å². The molecule has 0 aliphatic carbocycles. The molecular formula is C21H23F2N7O3. The molecule has 174 valence electrons. The van der Waals surface area contributed by atoms with Gasteiger partial charge in [-0.05, 0) is 0 Å². The van der Waals surface area contributed by atoms with E-state index in [1.807, 2.05) is 0 Å². The number of hydrogen-bond acceptors (Lipinski definition) is 10. The molecule has 1 fully saturated rings. The zero-order valence-corrected chi connectivity index (χ0v) is 18.1. The molecule has 0 spiro atoms. The lowest BCUT2D eigenvalue weighted by molar-refractivity contribution is 0.280. The summed E-state index contributed by atoms with van der Waals surface area (Å²) in [6, 6.07) is 1.14. The summed E-state index contributed by atoms with van der Waals surface area (Å²) in [4.78, 5) is 19.2. The minimum absolute atomic E-state index is 0.146. The van der Waals surface area contributed by atoms with Gasteiger partial charge in [-0.1, -0.05) is 0 Å². The summed E-state index contributed by atoms with van der Waals surface area (Å²) in [6.45, 7) is 3.11. The highest BCUT2D eigenvalue weighted by Gasteiger charge is 2.20. The number of methoxy groups -OCH3 is 2. The van der Waals surface area contributed by atoms with Crippen molar-refractivity contribution >= 4 is 17.6 Å². The van der Waals surface area contributed by atoms with Crippen molar-refractivity contribution in [2.45, 2.75) is 6.61 Å². The SMILES string of the molecule is COc1cc(OC)c(F)c(COc2cnc(Nc3cnc(N4CCNCC4)nc3)nc2)c1F. The van der Waals surface area contributed by atoms with Gasteiger partial charge in [-0.15, -0.1) is 0 Å². The third-order valence-electron chi connectivity index (χ3n) is 4.97. The van der Waals surface area contributed by atoms with Crippen LogP contribution in [0.25, 0.3) is 0 Å². The van der Waals surface area contributed by atoms with Gasteiger partial charge in [0.1, 0.15) is 6.61 Å². The first-order valence-electron chi connectivity index (χ1n) is 10.2. The molecule has 12 heteroatoms. The number of rotatable bonds is 8. The van der Waals surface area contributed by atoms with Crippen molar-refractivity contribution < 1.29 is 23.0 Å². The fourth-order valence-electron chi connectivity index (χ4n) is 3.22. The van der Waals surface area contributed by atoms with Crippen LogP contribution in [0, 0.1) is 11.6 Å². The Hall–Kier alpha value is -3.80. The molecule has 1 aliphatic heterocycles. The van der Waals surface area contributed by atoms with E-state index < -0.39 is 18.2 Å². The van der Waals surface area contributed by atoms with E-state index in [9.17, 15) is 8.78 Å². The molecule has 1 aromatic carbocycles. The van der Waals surface area contributed by atoms with Crippen molar-refractivity contribution in [3.8, 4) is 17.2 Å². The predicted molar refractivity (Wildman–Crippen MR) is 116 cm³/mol. The third kappa shape index (κ3) is 5.17. The highest BCUT2D eigenvalue weighted by atomic mass is 19.1. The molecule has 3 heterocycles. The van der Waals surface area contributed by atoms with Crippen molar-refractivity contribution in [3.05, 3.63) is 48.1 Å². The predicted octanol–water partition coefficient (Wildman–Crippen LogP) is 2.29. The Morgan fingerprint density at radius 2 is 1.55 bits per heavy atom. The zero-order chi connectivity index (χ0) is 23.2. The van der Waals surface area contributed by atoms with Gasteiger partial charge < -0.3 is 29.7 Å². The summed E-state index contributed by atoms with van der Waals surface area (Å²) < 4.78 is 44.2. The minimum Gasteiger partial charge on any atom is -0.494 e. The van der Waals surface area contributed by atoms with E-state index in [0.717, 1.165) is 32.2 Å². The second-order valence-electron chi connectivity index (χ2n) is 7.05. The van der Waals surface area contributed by atoms with Crippen LogP contribution in [-0.4, -0.2) is 60.3 Å². The number of hydrogen-bond donors (Lipinski definition) is 2. The lowest BCUT2D eigenvalue weighted by atomic mass is 10.1. The average molecular weight is 459 g/mol. The van der Waals surface area contributed by atoms with Crippen LogP contribution >= 0.6 is 0 Å². The first-order valence-corrected chi connectivity index (χ1v) is 10.2. The van der Waals surface area contributed by atoms with E-state index in [-0.39, 0.29) is 22.8 Å². The van der Waals surface area contributed by atoms with Crippen molar-refractivity contribution in [2.24, 2.45) is 0 Å². The lowest BCUT2D eigenvalue weighted by Crippen LogP contribution is -2.44. The molecule has 0 radical (unpaired) electrons. The van der Waals surface area contributed by atoms with Crippen LogP contribution in [0.1, 0.15) is 5.56 Å². The highest BCUT2D eigenvalue weighted by Crippen LogP contribution is 2.32. The van der Waals surface area contributed by atoms with Gasteiger partial charge in [-0.25, -0.2) is 28.7 Å². The monoisotopic (exact) mass is 459 g/mol. The van der Waals surface area contributed by atoms with Gasteiger partial charge >= 0.3 is 0 Å². The van der Waals surface area contributed by atoms with Crippen molar-refractivity contribution in [2.75, 3.05) is 50.6 Å². The average Bonchev–Trinajstić information content (AvgIpc) is 2.86. The number of piperazine rings is 1. The van der Waals surface area contributed by atoms with Crippen molar-refractivity contribution in [1.82, 2.24) is 25.3 Å². The maximum atomic E-state index is 14.4. The number of nitrogens with one attached hydrogen (secondary N) is 2. The molecule has 10 nitrogen and oxygen atoms in total. The third-order valence-corrected chi connectivity index (χ3v) is 4.97. The maximum absolute atomic E-state index is 14.4. The van der Waals surface area contributed by atoms with Gasteiger partial charge in [0.15, 0.2) is 28.9 Å². The molecular weight excluding hydrogens is 436 g/mol. The first-order chi connectivity index (χ1) is 16.1. The summed E-state index contributed by atoms with van der Waals surface area (Å²) in [5, 5.41) is 6.28. The van der Waals surface area contributed by atoms with E-state index in [2.05, 4.69) is 35.5 Å². The van der Waals surface area contributed by atoms with Gasteiger partial charge in [0.25, 0.3) is 0 Å². The second-order valence-corrected chi connectivity index (χ2v) is 7.05. The molecule has 0 saturated carbocycles. The molecule has 4 rings (SSSR count). The number of aromatic nitrogens is 4. The molecule has 1 saturated heterocycles. The largest absolute Gasteiger partial charge is 0.494 e. The highest BCUT2D eigenvalue weighted by molar-refractivity contribution is 5.51. The van der Waals surface area contributed by atoms with E-state index in [1.165, 1.54) is 26.6 Å². The maximum Gasteiger partial charge on any atom is 0.227 e. The molecule has 0 bridgehead atoms. The summed E-state index contributed by atoms with van der Waals surface area (Å²) in [6.07, 6.45) is 6.08. The number of nitrogens with zero attached hydrogens (tertiary/aromatic N) is 5. The van der Waals surface area contributed by atoms with E-state index >= 15 is 0 Å². The van der Waals surface area contributed by atoms with Crippen LogP contribution in [0.2, 0.25) is 0 Å². The second kappa shape index (κ2) is 10.2.